The molecule has 0 aliphatic heterocycles. The van der Waals surface area contributed by atoms with Crippen molar-refractivity contribution < 1.29 is 4.74 Å². The Morgan fingerprint density at radius 2 is 1.84 bits per heavy atom. The molecule has 3 rings (SSSR count). The van der Waals surface area contributed by atoms with Crippen LogP contribution < -0.4 is 4.74 Å². The molecule has 0 aliphatic rings. The predicted octanol–water partition coefficient (Wildman–Crippen LogP) is 1.97. The van der Waals surface area contributed by atoms with E-state index >= 15 is 0 Å². The van der Waals surface area contributed by atoms with Crippen LogP contribution in [0.3, 0.4) is 0 Å². The second-order valence-corrected chi connectivity index (χ2v) is 4.56. The number of fused-ring (bicyclic) bond motifs is 1. The lowest BCUT2D eigenvalue weighted by molar-refractivity contribution is 0.310. The summed E-state index contributed by atoms with van der Waals surface area (Å²) >= 11 is 0. The first-order valence-electron chi connectivity index (χ1n) is 6.63. The number of aromatic nitrogens is 1. The average Bonchev–Trinajstić information content (AvgIpc) is 2.90. The molecule has 0 amide bonds. The second kappa shape index (κ2) is 5.27. The Bertz CT molecular complexity index is 679. The first-order chi connectivity index (χ1) is 9.38. The fourth-order valence-electron chi connectivity index (χ4n) is 2.33. The Kier molecular flexibility index (Phi) is 3.32. The van der Waals surface area contributed by atoms with E-state index in [0.29, 0.717) is 6.61 Å². The minimum absolute atomic E-state index is 0.608. The van der Waals surface area contributed by atoms with Gasteiger partial charge in [0.15, 0.2) is 7.31 Å². The molecule has 2 aromatic carbocycles. The monoisotopic (exact) mass is 247 g/mol. The fraction of sp³-hybridized carbons (Fsp3) is 0.0667. The van der Waals surface area contributed by atoms with Crippen LogP contribution in [0.1, 0.15) is 5.56 Å². The molecule has 0 radical (unpaired) electrons. The van der Waals surface area contributed by atoms with Crippen molar-refractivity contribution in [2.45, 2.75) is 6.61 Å². The Hall–Kier alpha value is -2.09. The molecule has 1 heterocycles. The van der Waals surface area contributed by atoms with Gasteiger partial charge in [-0.25, -0.2) is 0 Å². The van der Waals surface area contributed by atoms with Gasteiger partial charge in [-0.05, 0) is 30.0 Å². The zero-order valence-electron chi connectivity index (χ0n) is 11.0. The van der Waals surface area contributed by atoms with Gasteiger partial charge in [-0.2, -0.15) is 0 Å². The molecular weight excluding hydrogens is 232 g/mol. The zero-order valence-corrected chi connectivity index (χ0v) is 11.0. The van der Waals surface area contributed by atoms with Crippen LogP contribution in [0.15, 0.2) is 60.8 Å². The standard InChI is InChI=1S/C15H15B2NO/c16-17-18-10-9-13-14(18)7-4-8-15(13)19-11-12-5-2-1-3-6-12/h1-10,17H,11,16H2. The number of benzene rings is 2. The van der Waals surface area contributed by atoms with Gasteiger partial charge in [0.05, 0.1) is 7.74 Å². The van der Waals surface area contributed by atoms with Crippen LogP contribution in [0.2, 0.25) is 0 Å². The fourth-order valence-corrected chi connectivity index (χ4v) is 2.33. The molecule has 4 heteroatoms. The molecule has 0 N–H and O–H groups in total. The summed E-state index contributed by atoms with van der Waals surface area (Å²) in [7, 11) is 3.13. The molecule has 0 atom stereocenters. The molecule has 1 aromatic heterocycles. The summed E-state index contributed by atoms with van der Waals surface area (Å²) in [5, 5.41) is 1.18. The van der Waals surface area contributed by atoms with Crippen molar-refractivity contribution in [3.63, 3.8) is 0 Å². The summed E-state index contributed by atoms with van der Waals surface area (Å²) in [6.07, 6.45) is 2.11. The summed E-state index contributed by atoms with van der Waals surface area (Å²) < 4.78 is 8.18. The van der Waals surface area contributed by atoms with E-state index in [1.165, 1.54) is 16.5 Å². The third-order valence-electron chi connectivity index (χ3n) is 3.35. The van der Waals surface area contributed by atoms with Gasteiger partial charge in [0.1, 0.15) is 12.4 Å². The summed E-state index contributed by atoms with van der Waals surface area (Å²) in [5.74, 6) is 0.952. The van der Waals surface area contributed by atoms with Crippen molar-refractivity contribution in [3.8, 4) is 5.75 Å². The molecule has 92 valence electrons. The van der Waals surface area contributed by atoms with Crippen LogP contribution in [-0.2, 0) is 6.61 Å². The lowest BCUT2D eigenvalue weighted by Crippen LogP contribution is -2.03. The summed E-state index contributed by atoms with van der Waals surface area (Å²) in [6.45, 7) is 0.608. The van der Waals surface area contributed by atoms with Gasteiger partial charge >= 0.3 is 0 Å². The van der Waals surface area contributed by atoms with Crippen molar-refractivity contribution in [1.82, 2.24) is 4.48 Å². The largest absolute Gasteiger partial charge is 0.488 e. The maximum Gasteiger partial charge on any atom is 0.197 e. The van der Waals surface area contributed by atoms with Crippen molar-refractivity contribution in [2.24, 2.45) is 0 Å². The molecule has 2 nitrogen and oxygen atoms in total. The van der Waals surface area contributed by atoms with Gasteiger partial charge in [0.2, 0.25) is 0 Å². The molecule has 0 bridgehead atoms. The zero-order chi connectivity index (χ0) is 13.1. The van der Waals surface area contributed by atoms with E-state index in [1.54, 1.807) is 0 Å². The van der Waals surface area contributed by atoms with Crippen molar-refractivity contribution >= 4 is 25.9 Å². The van der Waals surface area contributed by atoms with Gasteiger partial charge in [0, 0.05) is 10.9 Å². The maximum absolute atomic E-state index is 5.95. The summed E-state index contributed by atoms with van der Waals surface area (Å²) in [5.41, 5.74) is 2.42. The highest BCUT2D eigenvalue weighted by Gasteiger charge is 2.05. The molecule has 0 spiro atoms. The van der Waals surface area contributed by atoms with Gasteiger partial charge in [0.25, 0.3) is 0 Å². The molecule has 0 saturated carbocycles. The molecular formula is C15H15B2NO. The Labute approximate surface area is 114 Å². The van der Waals surface area contributed by atoms with E-state index in [-0.39, 0.29) is 0 Å². The van der Waals surface area contributed by atoms with E-state index in [2.05, 4.69) is 48.7 Å². The number of hydrogen-bond acceptors (Lipinski definition) is 1. The van der Waals surface area contributed by atoms with Gasteiger partial charge in [-0.3, -0.25) is 0 Å². The van der Waals surface area contributed by atoms with Crippen LogP contribution in [-0.4, -0.2) is 19.5 Å². The average molecular weight is 247 g/mol. The Morgan fingerprint density at radius 3 is 2.63 bits per heavy atom. The molecule has 0 fully saturated rings. The molecule has 0 saturated heterocycles. The lowest BCUT2D eigenvalue weighted by Gasteiger charge is -2.08. The number of hydrogen-bond donors (Lipinski definition) is 0. The molecule has 0 unspecified atom stereocenters. The van der Waals surface area contributed by atoms with E-state index in [4.69, 9.17) is 4.74 Å². The topological polar surface area (TPSA) is 14.2 Å². The van der Waals surface area contributed by atoms with Crippen LogP contribution in [0.25, 0.3) is 10.9 Å². The summed E-state index contributed by atoms with van der Waals surface area (Å²) in [6, 6.07) is 18.6. The van der Waals surface area contributed by atoms with Crippen LogP contribution in [0.4, 0.5) is 0 Å². The third-order valence-corrected chi connectivity index (χ3v) is 3.35. The van der Waals surface area contributed by atoms with Crippen molar-refractivity contribution in [1.29, 1.82) is 0 Å². The third kappa shape index (κ3) is 2.39. The predicted molar refractivity (Wildman–Crippen MR) is 83.8 cm³/mol. The number of rotatable bonds is 4. The van der Waals surface area contributed by atoms with Crippen LogP contribution in [0.5, 0.6) is 5.75 Å². The second-order valence-electron chi connectivity index (χ2n) is 4.56. The minimum atomic E-state index is 0.608. The Morgan fingerprint density at radius 1 is 1.00 bits per heavy atom. The van der Waals surface area contributed by atoms with E-state index in [1.807, 2.05) is 24.3 Å². The molecule has 3 aromatic rings. The number of ether oxygens (including phenoxy) is 1. The lowest BCUT2D eigenvalue weighted by atomic mass is 9.67. The van der Waals surface area contributed by atoms with E-state index < -0.39 is 0 Å². The highest BCUT2D eigenvalue weighted by molar-refractivity contribution is 6.88. The highest BCUT2D eigenvalue weighted by atomic mass is 16.5. The summed E-state index contributed by atoms with van der Waals surface area (Å²) in [4.78, 5) is 0. The maximum atomic E-state index is 5.95. The normalized spacial score (nSPS) is 10.5. The van der Waals surface area contributed by atoms with Crippen LogP contribution in [0, 0.1) is 0 Å². The smallest absolute Gasteiger partial charge is 0.197 e. The minimum Gasteiger partial charge on any atom is -0.488 e. The number of nitrogens with zero attached hydrogens (tertiary/aromatic N) is 1. The first kappa shape index (κ1) is 12.0. The quantitative estimate of drug-likeness (QED) is 0.643. The van der Waals surface area contributed by atoms with E-state index in [0.717, 1.165) is 13.1 Å². The van der Waals surface area contributed by atoms with Crippen LogP contribution >= 0.6 is 0 Å². The molecule has 0 aliphatic carbocycles. The first-order valence-corrected chi connectivity index (χ1v) is 6.63. The van der Waals surface area contributed by atoms with Gasteiger partial charge in [-0.15, -0.1) is 0 Å². The highest BCUT2D eigenvalue weighted by Crippen LogP contribution is 2.26. The van der Waals surface area contributed by atoms with Gasteiger partial charge < -0.3 is 9.21 Å². The van der Waals surface area contributed by atoms with E-state index in [9.17, 15) is 0 Å². The SMILES string of the molecule is BBn1ccc2c(OCc3ccccc3)cccc21. The Balaban J connectivity index is 1.87. The van der Waals surface area contributed by atoms with Gasteiger partial charge in [-0.1, -0.05) is 36.4 Å². The van der Waals surface area contributed by atoms with Crippen molar-refractivity contribution in [2.75, 3.05) is 0 Å². The molecule has 19 heavy (non-hydrogen) atoms. The van der Waals surface area contributed by atoms with Crippen molar-refractivity contribution in [3.05, 3.63) is 66.4 Å².